The lowest BCUT2D eigenvalue weighted by molar-refractivity contribution is -0.118. The number of hydrogen-bond donors (Lipinski definition) is 1. The van der Waals surface area contributed by atoms with Crippen molar-refractivity contribution in [3.05, 3.63) is 29.8 Å². The van der Waals surface area contributed by atoms with Crippen molar-refractivity contribution in [2.75, 3.05) is 18.9 Å². The number of amides is 1. The summed E-state index contributed by atoms with van der Waals surface area (Å²) >= 11 is 0. The van der Waals surface area contributed by atoms with E-state index in [0.717, 1.165) is 6.42 Å². The van der Waals surface area contributed by atoms with Gasteiger partial charge in [0.1, 0.15) is 0 Å². The Morgan fingerprint density at radius 1 is 1.37 bits per heavy atom. The molecule has 0 fully saturated rings. The maximum Gasteiger partial charge on any atom is 0.238 e. The molecule has 0 aliphatic carbocycles. The zero-order valence-electron chi connectivity index (χ0n) is 12.0. The highest BCUT2D eigenvalue weighted by Crippen LogP contribution is 2.16. The number of nitriles is 1. The van der Waals surface area contributed by atoms with Crippen LogP contribution in [0.2, 0.25) is 0 Å². The lowest BCUT2D eigenvalue weighted by Gasteiger charge is -2.34. The molecule has 1 aromatic rings. The third-order valence-corrected chi connectivity index (χ3v) is 3.58. The molecule has 0 unspecified atom stereocenters. The molecule has 0 saturated carbocycles. The van der Waals surface area contributed by atoms with Crippen LogP contribution < -0.4 is 5.32 Å². The lowest BCUT2D eigenvalue weighted by atomic mass is 10.00. The molecule has 19 heavy (non-hydrogen) atoms. The van der Waals surface area contributed by atoms with Gasteiger partial charge in [0.15, 0.2) is 0 Å². The monoisotopic (exact) mass is 259 g/mol. The molecule has 0 atom stereocenters. The molecule has 1 aromatic carbocycles. The second-order valence-electron chi connectivity index (χ2n) is 5.26. The highest BCUT2D eigenvalue weighted by atomic mass is 16.2. The van der Waals surface area contributed by atoms with Crippen LogP contribution in [0.4, 0.5) is 5.69 Å². The molecule has 0 bridgehead atoms. The average molecular weight is 259 g/mol. The lowest BCUT2D eigenvalue weighted by Crippen LogP contribution is -2.44. The zero-order chi connectivity index (χ0) is 14.5. The first kappa shape index (κ1) is 15.2. The van der Waals surface area contributed by atoms with Gasteiger partial charge in [0.2, 0.25) is 5.91 Å². The molecular weight excluding hydrogens is 238 g/mol. The van der Waals surface area contributed by atoms with Gasteiger partial charge in [0, 0.05) is 11.2 Å². The fraction of sp³-hybridized carbons (Fsp3) is 0.467. The van der Waals surface area contributed by atoms with E-state index in [1.165, 1.54) is 0 Å². The van der Waals surface area contributed by atoms with E-state index in [9.17, 15) is 4.79 Å². The van der Waals surface area contributed by atoms with E-state index in [1.807, 2.05) is 18.0 Å². The Bertz CT molecular complexity index is 471. The number of likely N-dealkylation sites (N-methyl/N-ethyl adjacent to an activating group) is 1. The minimum absolute atomic E-state index is 0.00199. The molecule has 4 heteroatoms. The van der Waals surface area contributed by atoms with Crippen LogP contribution in [-0.4, -0.2) is 29.9 Å². The zero-order valence-corrected chi connectivity index (χ0v) is 12.0. The SMILES string of the molecule is CCC(C)(C)N(C)CC(=O)Nc1ccc(C#N)cc1. The van der Waals surface area contributed by atoms with Crippen molar-refractivity contribution in [2.24, 2.45) is 0 Å². The van der Waals surface area contributed by atoms with E-state index >= 15 is 0 Å². The van der Waals surface area contributed by atoms with Crippen LogP contribution in [0, 0.1) is 11.3 Å². The highest BCUT2D eigenvalue weighted by molar-refractivity contribution is 5.92. The van der Waals surface area contributed by atoms with Gasteiger partial charge < -0.3 is 5.32 Å². The normalized spacial score (nSPS) is 11.2. The van der Waals surface area contributed by atoms with Gasteiger partial charge in [0.05, 0.1) is 18.2 Å². The van der Waals surface area contributed by atoms with Crippen LogP contribution in [0.1, 0.15) is 32.8 Å². The quantitative estimate of drug-likeness (QED) is 0.884. The van der Waals surface area contributed by atoms with Gasteiger partial charge >= 0.3 is 0 Å². The summed E-state index contributed by atoms with van der Waals surface area (Å²) in [6.45, 7) is 6.68. The Labute approximate surface area is 115 Å². The van der Waals surface area contributed by atoms with Crippen LogP contribution in [0.25, 0.3) is 0 Å². The van der Waals surface area contributed by atoms with Crippen molar-refractivity contribution in [3.8, 4) is 6.07 Å². The second kappa shape index (κ2) is 6.35. The van der Waals surface area contributed by atoms with Crippen molar-refractivity contribution in [1.29, 1.82) is 5.26 Å². The van der Waals surface area contributed by atoms with Crippen molar-refractivity contribution in [1.82, 2.24) is 4.90 Å². The van der Waals surface area contributed by atoms with E-state index in [1.54, 1.807) is 24.3 Å². The smallest absolute Gasteiger partial charge is 0.238 e. The average Bonchev–Trinajstić information content (AvgIpc) is 2.39. The summed E-state index contributed by atoms with van der Waals surface area (Å²) in [4.78, 5) is 14.0. The van der Waals surface area contributed by atoms with Gasteiger partial charge in [-0.25, -0.2) is 0 Å². The number of nitrogens with one attached hydrogen (secondary N) is 1. The van der Waals surface area contributed by atoms with E-state index < -0.39 is 0 Å². The topological polar surface area (TPSA) is 56.1 Å². The van der Waals surface area contributed by atoms with Gasteiger partial charge in [-0.05, 0) is 51.6 Å². The third-order valence-electron chi connectivity index (χ3n) is 3.58. The van der Waals surface area contributed by atoms with E-state index in [-0.39, 0.29) is 11.4 Å². The number of anilines is 1. The maximum atomic E-state index is 11.9. The Hall–Kier alpha value is -1.86. The minimum Gasteiger partial charge on any atom is -0.325 e. The summed E-state index contributed by atoms with van der Waals surface area (Å²) in [6.07, 6.45) is 0.980. The number of rotatable bonds is 5. The molecule has 0 aliphatic rings. The first-order chi connectivity index (χ1) is 8.89. The van der Waals surface area contributed by atoms with Crippen molar-refractivity contribution in [3.63, 3.8) is 0 Å². The van der Waals surface area contributed by atoms with Crippen molar-refractivity contribution in [2.45, 2.75) is 32.7 Å². The van der Waals surface area contributed by atoms with Gasteiger partial charge in [-0.15, -0.1) is 0 Å². The second-order valence-corrected chi connectivity index (χ2v) is 5.26. The van der Waals surface area contributed by atoms with Crippen molar-refractivity contribution < 1.29 is 4.79 Å². The Kier molecular flexibility index (Phi) is 5.08. The number of carbonyl (C=O) groups excluding carboxylic acids is 1. The predicted molar refractivity (Wildman–Crippen MR) is 76.8 cm³/mol. The van der Waals surface area contributed by atoms with Crippen LogP contribution >= 0.6 is 0 Å². The predicted octanol–water partition coefficient (Wildman–Crippen LogP) is 2.62. The standard InChI is InChI=1S/C15H21N3O/c1-5-15(2,3)18(4)11-14(19)17-13-8-6-12(10-16)7-9-13/h6-9H,5,11H2,1-4H3,(H,17,19). The van der Waals surface area contributed by atoms with E-state index in [2.05, 4.69) is 26.1 Å². The number of hydrogen-bond acceptors (Lipinski definition) is 3. The van der Waals surface area contributed by atoms with Gasteiger partial charge in [-0.1, -0.05) is 6.92 Å². The van der Waals surface area contributed by atoms with E-state index in [0.29, 0.717) is 17.8 Å². The van der Waals surface area contributed by atoms with Gasteiger partial charge in [-0.3, -0.25) is 9.69 Å². The highest BCUT2D eigenvalue weighted by Gasteiger charge is 2.22. The largest absolute Gasteiger partial charge is 0.325 e. The van der Waals surface area contributed by atoms with Gasteiger partial charge in [-0.2, -0.15) is 5.26 Å². The molecule has 4 nitrogen and oxygen atoms in total. The summed E-state index contributed by atoms with van der Waals surface area (Å²) in [5.74, 6) is -0.0475. The third kappa shape index (κ3) is 4.38. The van der Waals surface area contributed by atoms with Crippen LogP contribution in [0.3, 0.4) is 0 Å². The van der Waals surface area contributed by atoms with Crippen LogP contribution in [-0.2, 0) is 4.79 Å². The fourth-order valence-electron chi connectivity index (χ4n) is 1.53. The summed E-state index contributed by atoms with van der Waals surface area (Å²) in [7, 11) is 1.95. The minimum atomic E-state index is -0.0475. The molecule has 1 N–H and O–H groups in total. The molecule has 1 rings (SSSR count). The molecule has 0 saturated heterocycles. The van der Waals surface area contributed by atoms with E-state index in [4.69, 9.17) is 5.26 Å². The summed E-state index contributed by atoms with van der Waals surface area (Å²) in [5.41, 5.74) is 1.30. The molecule has 0 aliphatic heterocycles. The molecular formula is C15H21N3O. The fourth-order valence-corrected chi connectivity index (χ4v) is 1.53. The number of benzene rings is 1. The van der Waals surface area contributed by atoms with Crippen molar-refractivity contribution >= 4 is 11.6 Å². The molecule has 0 spiro atoms. The Morgan fingerprint density at radius 3 is 2.42 bits per heavy atom. The Morgan fingerprint density at radius 2 is 1.95 bits per heavy atom. The Balaban J connectivity index is 2.58. The number of nitrogens with zero attached hydrogens (tertiary/aromatic N) is 2. The van der Waals surface area contributed by atoms with Crippen LogP contribution in [0.15, 0.2) is 24.3 Å². The van der Waals surface area contributed by atoms with Crippen LogP contribution in [0.5, 0.6) is 0 Å². The summed E-state index contributed by atoms with van der Waals surface area (Å²) in [6, 6.07) is 8.90. The molecule has 0 aromatic heterocycles. The summed E-state index contributed by atoms with van der Waals surface area (Å²) < 4.78 is 0. The van der Waals surface area contributed by atoms with Gasteiger partial charge in [0.25, 0.3) is 0 Å². The molecule has 0 heterocycles. The molecule has 0 radical (unpaired) electrons. The summed E-state index contributed by atoms with van der Waals surface area (Å²) in [5, 5.41) is 11.5. The number of carbonyl (C=O) groups is 1. The maximum absolute atomic E-state index is 11.9. The first-order valence-corrected chi connectivity index (χ1v) is 6.40. The first-order valence-electron chi connectivity index (χ1n) is 6.40. The molecule has 1 amide bonds. The molecule has 102 valence electrons.